The van der Waals surface area contributed by atoms with Gasteiger partial charge in [-0.25, -0.2) is 9.59 Å². The number of rotatable bonds is 9. The first kappa shape index (κ1) is 55.1. The summed E-state index contributed by atoms with van der Waals surface area (Å²) in [5.41, 5.74) is 8.16. The topological polar surface area (TPSA) is 240 Å². The number of hydrogen-bond acceptors (Lipinski definition) is 10. The molecule has 0 spiro atoms. The van der Waals surface area contributed by atoms with Crippen molar-refractivity contribution in [1.29, 1.82) is 0 Å². The van der Waals surface area contributed by atoms with Gasteiger partial charge in [-0.3, -0.25) is 14.4 Å². The Labute approximate surface area is 443 Å². The lowest BCUT2D eigenvalue weighted by atomic mass is 9.86. The Bertz CT molecular complexity index is 3320. The number of carbonyl (C=O) groups excluding carboxylic acids is 3. The summed E-state index contributed by atoms with van der Waals surface area (Å²) < 4.78 is 53.6. The number of aromatic carboxylic acids is 1. The van der Waals surface area contributed by atoms with Crippen LogP contribution in [0.1, 0.15) is 97.9 Å². The van der Waals surface area contributed by atoms with Crippen molar-refractivity contribution in [1.82, 2.24) is 16.0 Å². The maximum Gasteiger partial charge on any atom is 0.490 e. The van der Waals surface area contributed by atoms with Gasteiger partial charge in [-0.05, 0) is 167 Å². The molecule has 4 aromatic carbocycles. The summed E-state index contributed by atoms with van der Waals surface area (Å²) in [6.45, 7) is 1.31. The molecule has 0 aliphatic heterocycles. The maximum absolute atomic E-state index is 12.6. The molecule has 8 aromatic rings. The van der Waals surface area contributed by atoms with Crippen molar-refractivity contribution >= 4 is 120 Å². The summed E-state index contributed by atoms with van der Waals surface area (Å²) in [4.78, 5) is 56.8. The molecule has 74 heavy (non-hydrogen) atoms. The lowest BCUT2D eigenvalue weighted by Crippen LogP contribution is -2.39. The molecule has 2 fully saturated rings. The molecule has 3 amide bonds. The number of hydrogen-bond donors (Lipinski definition) is 6. The zero-order valence-corrected chi connectivity index (χ0v) is 41.9. The predicted octanol–water partition coefficient (Wildman–Crippen LogP) is 13.7. The number of nitrogens with two attached hydrogens (primary N) is 1. The van der Waals surface area contributed by atoms with Crippen LogP contribution in [-0.2, 0) is 4.79 Å². The van der Waals surface area contributed by atoms with E-state index in [1.165, 1.54) is 6.07 Å². The number of fused-ring (bicyclic) bond motifs is 4. The van der Waals surface area contributed by atoms with Gasteiger partial charge in [0.2, 0.25) is 5.76 Å². The van der Waals surface area contributed by atoms with Crippen LogP contribution in [0, 0.1) is 11.8 Å². The third-order valence-electron chi connectivity index (χ3n) is 12.3. The summed E-state index contributed by atoms with van der Waals surface area (Å²) in [5.74, 6) is -2.65. The van der Waals surface area contributed by atoms with Crippen molar-refractivity contribution in [3.05, 3.63) is 140 Å². The molecule has 15 nitrogen and oxygen atoms in total. The van der Waals surface area contributed by atoms with Gasteiger partial charge in [0.1, 0.15) is 22.3 Å². The fourth-order valence-corrected chi connectivity index (χ4v) is 9.11. The summed E-state index contributed by atoms with van der Waals surface area (Å²) in [6, 6.07) is 27.7. The highest BCUT2D eigenvalue weighted by Crippen LogP contribution is 2.29. The predicted molar refractivity (Wildman–Crippen MR) is 280 cm³/mol. The fourth-order valence-electron chi connectivity index (χ4n) is 8.39. The molecule has 0 saturated heterocycles. The second kappa shape index (κ2) is 24.6. The van der Waals surface area contributed by atoms with E-state index in [9.17, 15) is 32.3 Å². The van der Waals surface area contributed by atoms with Crippen LogP contribution in [0.3, 0.4) is 0 Å². The summed E-state index contributed by atoms with van der Waals surface area (Å²) >= 11 is 23.7. The number of nitrogens with one attached hydrogen (secondary N) is 3. The molecule has 0 unspecified atom stereocenters. The normalized spacial score (nSPS) is 17.5. The zero-order chi connectivity index (χ0) is 53.3. The molecule has 10 rings (SSSR count). The molecule has 22 heteroatoms. The highest BCUT2D eigenvalue weighted by molar-refractivity contribution is 6.32. The van der Waals surface area contributed by atoms with Crippen molar-refractivity contribution in [2.45, 2.75) is 69.6 Å². The van der Waals surface area contributed by atoms with Crippen LogP contribution in [0.15, 0.2) is 115 Å². The van der Waals surface area contributed by atoms with Gasteiger partial charge in [0.25, 0.3) is 17.7 Å². The number of amides is 3. The van der Waals surface area contributed by atoms with Crippen LogP contribution in [-0.4, -0.2) is 71.2 Å². The molecule has 2 aliphatic carbocycles. The van der Waals surface area contributed by atoms with E-state index in [0.717, 1.165) is 74.1 Å². The van der Waals surface area contributed by atoms with Gasteiger partial charge in [-0.1, -0.05) is 46.4 Å². The van der Waals surface area contributed by atoms with E-state index in [4.69, 9.17) is 84.8 Å². The molecule has 4 aromatic heterocycles. The Morgan fingerprint density at radius 2 is 0.824 bits per heavy atom. The average molecular weight is 1110 g/mol. The van der Waals surface area contributed by atoms with Gasteiger partial charge in [0, 0.05) is 64.5 Å². The van der Waals surface area contributed by atoms with Crippen LogP contribution < -0.4 is 21.7 Å². The molecule has 0 atom stereocenters. The minimum Gasteiger partial charge on any atom is -0.475 e. The van der Waals surface area contributed by atoms with E-state index >= 15 is 0 Å². The number of furan rings is 4. The van der Waals surface area contributed by atoms with E-state index < -0.39 is 18.1 Å². The molecule has 0 bridgehead atoms. The Hall–Kier alpha value is -6.70. The van der Waals surface area contributed by atoms with Crippen molar-refractivity contribution < 1.29 is 69.3 Å². The number of halogens is 7. The molecule has 4 heterocycles. The minimum absolute atomic E-state index is 0. The maximum atomic E-state index is 12.6. The number of benzene rings is 4. The van der Waals surface area contributed by atoms with Crippen molar-refractivity contribution in [2.75, 3.05) is 13.1 Å². The number of carbonyl (C=O) groups is 5. The monoisotopic (exact) mass is 1110 g/mol. The molecule has 7 N–H and O–H groups in total. The number of carboxylic acid groups (broad SMARTS) is 2. The first-order chi connectivity index (χ1) is 35.2. The van der Waals surface area contributed by atoms with E-state index in [0.29, 0.717) is 71.9 Å². The third kappa shape index (κ3) is 15.0. The van der Waals surface area contributed by atoms with Gasteiger partial charge < -0.3 is 49.6 Å². The summed E-state index contributed by atoms with van der Waals surface area (Å²) in [5, 5.41) is 30.4. The lowest BCUT2D eigenvalue weighted by molar-refractivity contribution is -0.192. The average Bonchev–Trinajstić information content (AvgIpc) is 4.19. The SMILES string of the molecule is NCC1CCC(NC(=O)c2cc3cc(Cl)ccc3o2)CC1.O=C(NCC1CCC(NC(=O)c2cc3cc(Cl)ccc3o2)CC1)c1cc2cc(Cl)ccc2o1.O=C(O)C(F)(F)F.O=C(O)c1cc2cc(Cl)ccc2o1.[HH].[HH].[HH]. The first-order valence-electron chi connectivity index (χ1n) is 23.1. The van der Waals surface area contributed by atoms with E-state index in [1.807, 2.05) is 0 Å². The van der Waals surface area contributed by atoms with Crippen molar-refractivity contribution in [3.63, 3.8) is 0 Å². The lowest BCUT2D eigenvalue weighted by Gasteiger charge is -2.28. The first-order valence-corrected chi connectivity index (χ1v) is 24.6. The molecule has 2 saturated carbocycles. The van der Waals surface area contributed by atoms with Gasteiger partial charge in [0.15, 0.2) is 17.3 Å². The number of alkyl halides is 3. The quantitative estimate of drug-likeness (QED) is 0.0791. The smallest absolute Gasteiger partial charge is 0.475 e. The minimum atomic E-state index is -5.08. The second-order valence-corrected chi connectivity index (χ2v) is 19.4. The van der Waals surface area contributed by atoms with Crippen molar-refractivity contribution in [3.8, 4) is 0 Å². The largest absolute Gasteiger partial charge is 0.490 e. The number of carboxylic acids is 2. The Kier molecular flexibility index (Phi) is 18.3. The Balaban J connectivity index is 0.000000249. The molecule has 2 aliphatic rings. The van der Waals surface area contributed by atoms with Crippen LogP contribution in [0.25, 0.3) is 43.9 Å². The summed E-state index contributed by atoms with van der Waals surface area (Å²) in [7, 11) is 0. The molecule has 0 radical (unpaired) electrons. The fraction of sp³-hybridized carbons (Fsp3) is 0.288. The highest BCUT2D eigenvalue weighted by atomic mass is 35.5. The van der Waals surface area contributed by atoms with Crippen LogP contribution in [0.4, 0.5) is 13.2 Å². The third-order valence-corrected chi connectivity index (χ3v) is 13.2. The summed E-state index contributed by atoms with van der Waals surface area (Å²) in [6.07, 6.45) is 2.57. The van der Waals surface area contributed by atoms with Gasteiger partial charge in [0.05, 0.1) is 0 Å². The van der Waals surface area contributed by atoms with Crippen LogP contribution >= 0.6 is 46.4 Å². The van der Waals surface area contributed by atoms with E-state index in [1.54, 1.807) is 91.0 Å². The van der Waals surface area contributed by atoms with E-state index in [2.05, 4.69) is 16.0 Å². The Morgan fingerprint density at radius 3 is 1.15 bits per heavy atom. The standard InChI is InChI=1S/C25H22Cl2N2O4.C16H19ClN2O2.C9H5ClO3.C2HF3O2.3H2/c26-17-3-7-20-15(9-17)11-22(32-20)24(30)28-13-14-1-5-19(6-2-14)29-25(31)23-12-16-10-18(27)4-8-21(16)33-23;17-12-3-6-14-11(7-12)8-15(21-14)16(20)19-13-4-1-10(9-18)2-5-13;10-6-1-2-7-5(3-6)4-8(13-7)9(11)12;3-2(4,5)1(6)7;;;/h3-4,7-12,14,19H,1-2,5-6,13H2,(H,28,30)(H,29,31);3,6-8,10,13H,1-2,4-5,9,18H2,(H,19,20);1-4H,(H,11,12);(H,6,7);3*1H. The molecule has 396 valence electrons. The number of aliphatic carboxylic acids is 1. The van der Waals surface area contributed by atoms with Crippen molar-refractivity contribution in [2.24, 2.45) is 17.6 Å². The van der Waals surface area contributed by atoms with Gasteiger partial charge >= 0.3 is 18.1 Å². The van der Waals surface area contributed by atoms with Crippen LogP contribution in [0.2, 0.25) is 20.1 Å². The molecular formula is C52H53Cl4F3N4O11. The Morgan fingerprint density at radius 1 is 0.514 bits per heavy atom. The van der Waals surface area contributed by atoms with Gasteiger partial charge in [-0.15, -0.1) is 0 Å². The van der Waals surface area contributed by atoms with E-state index in [-0.39, 0.29) is 51.4 Å². The van der Waals surface area contributed by atoms with Gasteiger partial charge in [-0.2, -0.15) is 13.2 Å². The zero-order valence-electron chi connectivity index (χ0n) is 38.9. The van der Waals surface area contributed by atoms with Crippen LogP contribution in [0.5, 0.6) is 0 Å². The highest BCUT2D eigenvalue weighted by Gasteiger charge is 2.38. The second-order valence-electron chi connectivity index (χ2n) is 17.6. The molecular weight excluding hydrogens is 1060 g/mol.